The van der Waals surface area contributed by atoms with Crippen molar-refractivity contribution >= 4 is 54.5 Å². The van der Waals surface area contributed by atoms with E-state index in [0.29, 0.717) is 37.4 Å². The lowest BCUT2D eigenvalue weighted by molar-refractivity contribution is -0.138. The molecule has 1 saturated heterocycles. The maximum atomic E-state index is 12.3. The number of aliphatic carboxylic acids is 1. The number of hydrogen-bond acceptors (Lipinski definition) is 8. The van der Waals surface area contributed by atoms with Gasteiger partial charge < -0.3 is 32.5 Å². The number of carbonyl (C=O) groups excluding carboxylic acids is 3. The molecule has 0 saturated carbocycles. The predicted molar refractivity (Wildman–Crippen MR) is 181 cm³/mol. The number of carboxylic acid groups (broad SMARTS) is 1. The highest BCUT2D eigenvalue weighted by Gasteiger charge is 2.32. The number of nitrogens with two attached hydrogens (primary N) is 3. The quantitative estimate of drug-likeness (QED) is 0.143. The van der Waals surface area contributed by atoms with Crippen LogP contribution in [-0.4, -0.2) is 64.1 Å². The molecule has 0 radical (unpaired) electrons. The second-order valence-corrected chi connectivity index (χ2v) is 10.2. The average molecular weight is 643 g/mol. The van der Waals surface area contributed by atoms with Crippen LogP contribution in [0.2, 0.25) is 0 Å². The highest BCUT2D eigenvalue weighted by atomic mass is 32.2. The maximum absolute atomic E-state index is 12.3. The fraction of sp³-hybridized carbons (Fsp3) is 0.290. The number of rotatable bonds is 10. The average Bonchev–Trinajstić information content (AvgIpc) is 3.51. The van der Waals surface area contributed by atoms with Crippen LogP contribution in [0.15, 0.2) is 72.4 Å². The van der Waals surface area contributed by atoms with Crippen molar-refractivity contribution in [2.45, 2.75) is 26.8 Å². The van der Waals surface area contributed by atoms with Crippen LogP contribution >= 0.6 is 24.6 Å². The first-order valence-electron chi connectivity index (χ1n) is 13.8. The third-order valence-electron chi connectivity index (χ3n) is 6.19. The second-order valence-electron chi connectivity index (χ2n) is 9.13. The van der Waals surface area contributed by atoms with E-state index in [-0.39, 0.29) is 30.6 Å². The van der Waals surface area contributed by atoms with Gasteiger partial charge in [0.1, 0.15) is 0 Å². The topological polar surface area (TPSA) is 187 Å². The first kappa shape index (κ1) is 37.8. The molecule has 1 aliphatic heterocycles. The van der Waals surface area contributed by atoms with Crippen molar-refractivity contribution in [2.75, 3.05) is 25.9 Å². The number of thiol groups is 1. The molecule has 0 unspecified atom stereocenters. The Balaban J connectivity index is 0.000000535. The molecule has 2 heterocycles. The SMILES string of the molecule is CC.CSn1ccc(C(N)=O)c1.N/C(=C\S)c1cccc(-c2cccc(CNC(=O)C3CN(CCC(=O)O)C3)c2)c1.NC=O. The normalized spacial score (nSPS) is 12.5. The van der Waals surface area contributed by atoms with E-state index in [1.807, 2.05) is 71.4 Å². The summed E-state index contributed by atoms with van der Waals surface area (Å²) in [6, 6.07) is 17.7. The molecule has 3 amide bonds. The fourth-order valence-corrected chi connectivity index (χ4v) is 4.51. The molecule has 1 aliphatic rings. The Bertz CT molecular complexity index is 1390. The van der Waals surface area contributed by atoms with E-state index >= 15 is 0 Å². The van der Waals surface area contributed by atoms with Gasteiger partial charge in [-0.1, -0.05) is 50.2 Å². The largest absolute Gasteiger partial charge is 0.481 e. The van der Waals surface area contributed by atoms with E-state index in [1.165, 1.54) is 11.9 Å². The van der Waals surface area contributed by atoms with Gasteiger partial charge in [0.2, 0.25) is 18.2 Å². The van der Waals surface area contributed by atoms with E-state index in [0.717, 1.165) is 22.3 Å². The Morgan fingerprint density at radius 2 is 1.66 bits per heavy atom. The van der Waals surface area contributed by atoms with Crippen molar-refractivity contribution in [2.24, 2.45) is 23.1 Å². The van der Waals surface area contributed by atoms with E-state index in [2.05, 4.69) is 29.7 Å². The third kappa shape index (κ3) is 13.0. The van der Waals surface area contributed by atoms with Crippen LogP contribution < -0.4 is 22.5 Å². The van der Waals surface area contributed by atoms with Gasteiger partial charge in [0.25, 0.3) is 0 Å². The zero-order chi connectivity index (χ0) is 33.1. The van der Waals surface area contributed by atoms with Gasteiger partial charge in [-0.25, -0.2) is 0 Å². The third-order valence-corrected chi connectivity index (χ3v) is 7.12. The van der Waals surface area contributed by atoms with Crippen molar-refractivity contribution in [3.63, 3.8) is 0 Å². The van der Waals surface area contributed by atoms with Crippen LogP contribution in [0.3, 0.4) is 0 Å². The smallest absolute Gasteiger partial charge is 0.304 e. The Hall–Kier alpha value is -4.20. The van der Waals surface area contributed by atoms with Gasteiger partial charge >= 0.3 is 5.97 Å². The van der Waals surface area contributed by atoms with Gasteiger partial charge in [0.15, 0.2) is 0 Å². The molecule has 0 spiro atoms. The van der Waals surface area contributed by atoms with Gasteiger partial charge in [-0.15, -0.1) is 12.6 Å². The highest BCUT2D eigenvalue weighted by Crippen LogP contribution is 2.24. The first-order chi connectivity index (χ1) is 21.1. The molecule has 1 fully saturated rings. The van der Waals surface area contributed by atoms with Crippen LogP contribution in [0, 0.1) is 5.92 Å². The summed E-state index contributed by atoms with van der Waals surface area (Å²) in [6.45, 7) is 6.18. The number of carboxylic acids is 1. The lowest BCUT2D eigenvalue weighted by Gasteiger charge is -2.37. The Morgan fingerprint density at radius 1 is 1.05 bits per heavy atom. The van der Waals surface area contributed by atoms with Crippen LogP contribution in [0.5, 0.6) is 0 Å². The molecule has 13 heteroatoms. The Morgan fingerprint density at radius 3 is 2.18 bits per heavy atom. The summed E-state index contributed by atoms with van der Waals surface area (Å²) in [7, 11) is 0. The van der Waals surface area contributed by atoms with Gasteiger partial charge in [-0.05, 0) is 57.8 Å². The van der Waals surface area contributed by atoms with Crippen molar-refractivity contribution in [3.8, 4) is 11.1 Å². The van der Waals surface area contributed by atoms with Gasteiger partial charge in [0.05, 0.1) is 17.9 Å². The predicted octanol–water partition coefficient (Wildman–Crippen LogP) is 3.40. The van der Waals surface area contributed by atoms with Crippen LogP contribution in [0.4, 0.5) is 0 Å². The minimum Gasteiger partial charge on any atom is -0.481 e. The lowest BCUT2D eigenvalue weighted by atomic mass is 9.98. The molecule has 0 aliphatic carbocycles. The van der Waals surface area contributed by atoms with E-state index in [4.69, 9.17) is 21.4 Å². The van der Waals surface area contributed by atoms with Gasteiger partial charge in [0, 0.05) is 50.5 Å². The molecular formula is C31H42N6O5S2. The zero-order valence-electron chi connectivity index (χ0n) is 25.2. The van der Waals surface area contributed by atoms with Gasteiger partial charge in [-0.3, -0.25) is 23.2 Å². The first-order valence-corrected chi connectivity index (χ1v) is 15.5. The Labute approximate surface area is 268 Å². The summed E-state index contributed by atoms with van der Waals surface area (Å²) in [6.07, 6.45) is 5.78. The molecule has 3 aromatic rings. The van der Waals surface area contributed by atoms with Gasteiger partial charge in [-0.2, -0.15) is 0 Å². The minimum atomic E-state index is -0.812. The molecule has 11 nitrogen and oxygen atoms in total. The van der Waals surface area contributed by atoms with E-state index in [9.17, 15) is 14.4 Å². The van der Waals surface area contributed by atoms with Crippen molar-refractivity contribution in [1.82, 2.24) is 14.2 Å². The van der Waals surface area contributed by atoms with Crippen molar-refractivity contribution < 1.29 is 24.3 Å². The summed E-state index contributed by atoms with van der Waals surface area (Å²) in [5.74, 6) is -1.25. The molecule has 4 rings (SSSR count). The number of nitrogens with one attached hydrogen (secondary N) is 1. The summed E-state index contributed by atoms with van der Waals surface area (Å²) >= 11 is 5.63. The number of carbonyl (C=O) groups is 4. The summed E-state index contributed by atoms with van der Waals surface area (Å²) in [5, 5.41) is 13.3. The number of aromatic nitrogens is 1. The second kappa shape index (κ2) is 20.7. The summed E-state index contributed by atoms with van der Waals surface area (Å²) in [5.41, 5.74) is 20.3. The van der Waals surface area contributed by atoms with Crippen molar-refractivity contribution in [3.05, 3.63) is 89.1 Å². The molecule has 8 N–H and O–H groups in total. The molecule has 0 atom stereocenters. The number of nitrogens with zero attached hydrogens (tertiary/aromatic N) is 2. The van der Waals surface area contributed by atoms with Crippen LogP contribution in [0.1, 0.15) is 41.8 Å². The monoisotopic (exact) mass is 642 g/mol. The molecule has 2 aromatic carbocycles. The van der Waals surface area contributed by atoms with Crippen LogP contribution in [-0.2, 0) is 20.9 Å². The minimum absolute atomic E-state index is 0.00988. The number of benzene rings is 2. The lowest BCUT2D eigenvalue weighted by Crippen LogP contribution is -2.53. The molecule has 0 bridgehead atoms. The summed E-state index contributed by atoms with van der Waals surface area (Å²) < 4.78 is 1.82. The number of hydrogen-bond donors (Lipinski definition) is 6. The molecule has 44 heavy (non-hydrogen) atoms. The van der Waals surface area contributed by atoms with Crippen LogP contribution in [0.25, 0.3) is 16.8 Å². The summed E-state index contributed by atoms with van der Waals surface area (Å²) in [4.78, 5) is 44.0. The fourth-order valence-electron chi connectivity index (χ4n) is 3.96. The number of amides is 3. The highest BCUT2D eigenvalue weighted by molar-refractivity contribution is 7.97. The Kier molecular flexibility index (Phi) is 17.8. The van der Waals surface area contributed by atoms with E-state index in [1.54, 1.807) is 23.9 Å². The molecular weight excluding hydrogens is 601 g/mol. The zero-order valence-corrected chi connectivity index (χ0v) is 26.9. The van der Waals surface area contributed by atoms with E-state index < -0.39 is 5.97 Å². The van der Waals surface area contributed by atoms with Crippen molar-refractivity contribution in [1.29, 1.82) is 0 Å². The number of likely N-dealkylation sites (tertiary alicyclic amines) is 1. The standard InChI is InChI=1S/C22H25N3O3S.C6H8N2OS.C2H6.CH3NO/c23-20(14-29)18-6-2-5-17(10-18)16-4-1-3-15(9-16)11-24-22(28)19-12-25(13-19)8-7-21(26)27;1-10-8-3-2-5(4-8)6(7)9;1-2;2-1-3/h1-6,9-10,14,19,29H,7-8,11-13,23H2,(H,24,28)(H,26,27);2-4H,1H3,(H2,7,9);1-2H3;1H,(H2,2,3)/b20-14-;;;. The molecule has 1 aromatic heterocycles. The molecule has 238 valence electrons. The maximum Gasteiger partial charge on any atom is 0.304 e. The number of primary amides is 2.